The highest BCUT2D eigenvalue weighted by molar-refractivity contribution is 7.99. The molecule has 0 bridgehead atoms. The molecule has 0 aliphatic carbocycles. The maximum atomic E-state index is 13.0. The molecular weight excluding hydrogens is 542 g/mol. The second kappa shape index (κ2) is 10.9. The molecule has 1 aromatic carbocycles. The van der Waals surface area contributed by atoms with Crippen molar-refractivity contribution >= 4 is 50.3 Å². The van der Waals surface area contributed by atoms with Gasteiger partial charge in [-0.2, -0.15) is 22.1 Å². The number of anilines is 2. The first kappa shape index (κ1) is 28.5. The molecule has 3 aromatic rings. The number of piperidine rings is 1. The fourth-order valence-electron chi connectivity index (χ4n) is 5.07. The average Bonchev–Trinajstić information content (AvgIpc) is 3.28. The van der Waals surface area contributed by atoms with E-state index in [0.717, 1.165) is 4.31 Å². The van der Waals surface area contributed by atoms with Crippen LogP contribution in [-0.2, 0) is 15.6 Å². The lowest BCUT2D eigenvalue weighted by molar-refractivity contribution is 0.0524. The zero-order valence-electron chi connectivity index (χ0n) is 22.1. The number of carbonyl (C=O) groups is 1. The third kappa shape index (κ3) is 5.21. The van der Waals surface area contributed by atoms with Crippen LogP contribution in [0.5, 0.6) is 0 Å². The Morgan fingerprint density at radius 1 is 1.36 bits per heavy atom. The quantitative estimate of drug-likeness (QED) is 0.367. The van der Waals surface area contributed by atoms with E-state index in [2.05, 4.69) is 16.4 Å². The van der Waals surface area contributed by atoms with Gasteiger partial charge in [0.05, 0.1) is 28.4 Å². The van der Waals surface area contributed by atoms with E-state index in [1.807, 2.05) is 13.2 Å². The highest BCUT2D eigenvalue weighted by Gasteiger charge is 2.46. The number of H-pyrrole nitrogens is 1. The molecule has 12 nitrogen and oxygen atoms in total. The van der Waals surface area contributed by atoms with Gasteiger partial charge in [0.25, 0.3) is 5.56 Å². The molecule has 1 saturated heterocycles. The van der Waals surface area contributed by atoms with Gasteiger partial charge in [0.15, 0.2) is 5.82 Å². The molecule has 1 fully saturated rings. The summed E-state index contributed by atoms with van der Waals surface area (Å²) < 4.78 is 27.7. The highest BCUT2D eigenvalue weighted by Crippen LogP contribution is 2.41. The summed E-state index contributed by atoms with van der Waals surface area (Å²) in [7, 11) is -0.698. The molecule has 39 heavy (non-hydrogen) atoms. The van der Waals surface area contributed by atoms with E-state index in [1.165, 1.54) is 37.3 Å². The maximum Gasteiger partial charge on any atom is 0.407 e. The number of carboxylic acid groups (broad SMARTS) is 1. The molecule has 1 aliphatic heterocycles. The standard InChI is InChI=1S/C25H31N7O5S2/c1-16(38-4)20-15-25(10-12-26,11-14-31(20)24(34)35)32-19-9-13-27-23(33)21(19)22(29-32)28-17-5-7-18(8-6-17)39(36,37)30(2)3/h5-9,13,16,20H,10-11,14-15H2,1-4H3,(H,27,33)(H,28,29)(H,34,35). The van der Waals surface area contributed by atoms with Crippen LogP contribution in [0.2, 0.25) is 0 Å². The first-order valence-corrected chi connectivity index (χ1v) is 15.0. The van der Waals surface area contributed by atoms with Crippen LogP contribution >= 0.6 is 11.8 Å². The van der Waals surface area contributed by atoms with E-state index < -0.39 is 21.7 Å². The number of hydrogen-bond acceptors (Lipinski definition) is 8. The molecular formula is C25H31N7O5S2. The zero-order chi connectivity index (χ0) is 28.5. The van der Waals surface area contributed by atoms with Crippen molar-refractivity contribution in [2.45, 2.75) is 47.9 Å². The van der Waals surface area contributed by atoms with Crippen LogP contribution in [0.15, 0.2) is 46.2 Å². The molecule has 1 amide bonds. The Balaban J connectivity index is 1.80. The number of likely N-dealkylation sites (tertiary alicyclic amines) is 1. The Morgan fingerprint density at radius 2 is 2.05 bits per heavy atom. The molecule has 0 saturated carbocycles. The molecule has 14 heteroatoms. The Morgan fingerprint density at radius 3 is 2.64 bits per heavy atom. The molecule has 1 aliphatic rings. The van der Waals surface area contributed by atoms with Crippen LogP contribution in [0, 0.1) is 11.3 Å². The lowest BCUT2D eigenvalue weighted by Gasteiger charge is -2.46. The van der Waals surface area contributed by atoms with Crippen molar-refractivity contribution in [3.63, 3.8) is 0 Å². The molecule has 2 aromatic heterocycles. The van der Waals surface area contributed by atoms with E-state index in [9.17, 15) is 28.4 Å². The number of hydrogen-bond donors (Lipinski definition) is 3. The molecule has 0 radical (unpaired) electrons. The van der Waals surface area contributed by atoms with Gasteiger partial charge in [-0.3, -0.25) is 9.48 Å². The van der Waals surface area contributed by atoms with Gasteiger partial charge >= 0.3 is 6.09 Å². The molecule has 3 heterocycles. The van der Waals surface area contributed by atoms with Crippen molar-refractivity contribution in [3.05, 3.63) is 46.9 Å². The summed E-state index contributed by atoms with van der Waals surface area (Å²) in [6.07, 6.45) is 3.22. The number of nitriles is 1. The van der Waals surface area contributed by atoms with Crippen molar-refractivity contribution in [3.8, 4) is 6.07 Å². The number of pyridine rings is 1. The van der Waals surface area contributed by atoms with Gasteiger partial charge in [-0.05, 0) is 49.4 Å². The van der Waals surface area contributed by atoms with Crippen molar-refractivity contribution in [1.82, 2.24) is 24.0 Å². The number of nitrogens with zero attached hydrogens (tertiary/aromatic N) is 5. The second-order valence-electron chi connectivity index (χ2n) is 9.76. The number of benzene rings is 1. The number of aromatic nitrogens is 3. The molecule has 3 atom stereocenters. The lowest BCUT2D eigenvalue weighted by atomic mass is 9.80. The Bertz CT molecular complexity index is 1580. The predicted molar refractivity (Wildman–Crippen MR) is 150 cm³/mol. The molecule has 0 spiro atoms. The lowest BCUT2D eigenvalue weighted by Crippen LogP contribution is -2.56. The largest absolute Gasteiger partial charge is 0.465 e. The number of amides is 1. The SMILES string of the molecule is CSC(C)C1CC(CC#N)(n2nc(Nc3ccc(S(=O)(=O)N(C)C)cc3)c3c(=O)[nH]ccc32)CCN1C(=O)O. The summed E-state index contributed by atoms with van der Waals surface area (Å²) in [6.45, 7) is 2.19. The van der Waals surface area contributed by atoms with Crippen molar-refractivity contribution in [1.29, 1.82) is 5.26 Å². The Hall–Kier alpha value is -3.54. The van der Waals surface area contributed by atoms with Crippen LogP contribution in [0.1, 0.15) is 26.2 Å². The molecule has 208 valence electrons. The third-order valence-electron chi connectivity index (χ3n) is 7.32. The van der Waals surface area contributed by atoms with Gasteiger partial charge in [-0.1, -0.05) is 6.92 Å². The van der Waals surface area contributed by atoms with Crippen LogP contribution in [0.4, 0.5) is 16.3 Å². The summed E-state index contributed by atoms with van der Waals surface area (Å²) in [5.41, 5.74) is -0.184. The minimum atomic E-state index is -3.61. The van der Waals surface area contributed by atoms with Gasteiger partial charge in [0.2, 0.25) is 10.0 Å². The van der Waals surface area contributed by atoms with E-state index in [0.29, 0.717) is 24.0 Å². The van der Waals surface area contributed by atoms with Crippen molar-refractivity contribution < 1.29 is 18.3 Å². The van der Waals surface area contributed by atoms with E-state index >= 15 is 0 Å². The molecule has 4 rings (SSSR count). The number of aromatic amines is 1. The first-order chi connectivity index (χ1) is 18.4. The molecule has 3 N–H and O–H groups in total. The normalized spacial score (nSPS) is 20.6. The zero-order valence-corrected chi connectivity index (χ0v) is 23.7. The summed E-state index contributed by atoms with van der Waals surface area (Å²) in [5, 5.41) is 27.9. The third-order valence-corrected chi connectivity index (χ3v) is 10.2. The van der Waals surface area contributed by atoms with Gasteiger partial charge in [0, 0.05) is 43.8 Å². The fraction of sp³-hybridized carbons (Fsp3) is 0.440. The van der Waals surface area contributed by atoms with Crippen molar-refractivity contribution in [2.24, 2.45) is 0 Å². The van der Waals surface area contributed by atoms with E-state index in [4.69, 9.17) is 5.10 Å². The summed E-state index contributed by atoms with van der Waals surface area (Å²) >= 11 is 1.55. The minimum Gasteiger partial charge on any atom is -0.465 e. The van der Waals surface area contributed by atoms with Crippen LogP contribution in [0.3, 0.4) is 0 Å². The van der Waals surface area contributed by atoms with Crippen LogP contribution in [-0.4, -0.2) is 81.8 Å². The number of nitrogens with one attached hydrogen (secondary N) is 2. The predicted octanol–water partition coefficient (Wildman–Crippen LogP) is 3.22. The number of thioether (sulfide) groups is 1. The van der Waals surface area contributed by atoms with E-state index in [-0.39, 0.29) is 45.9 Å². The fourth-order valence-corrected chi connectivity index (χ4v) is 6.53. The smallest absolute Gasteiger partial charge is 0.407 e. The summed E-state index contributed by atoms with van der Waals surface area (Å²) in [5.74, 6) is 0.252. The first-order valence-electron chi connectivity index (χ1n) is 12.2. The van der Waals surface area contributed by atoms with E-state index in [1.54, 1.807) is 34.6 Å². The topological polar surface area (TPSA) is 164 Å². The Labute approximate surface area is 230 Å². The number of fused-ring (bicyclic) bond motifs is 1. The number of sulfonamides is 1. The van der Waals surface area contributed by atoms with Crippen LogP contribution in [0.25, 0.3) is 10.9 Å². The van der Waals surface area contributed by atoms with Gasteiger partial charge in [-0.25, -0.2) is 17.5 Å². The average molecular weight is 574 g/mol. The van der Waals surface area contributed by atoms with Gasteiger partial charge < -0.3 is 20.3 Å². The van der Waals surface area contributed by atoms with Crippen LogP contribution < -0.4 is 10.9 Å². The summed E-state index contributed by atoms with van der Waals surface area (Å²) in [6, 6.07) is 9.74. The molecule has 3 unspecified atom stereocenters. The second-order valence-corrected chi connectivity index (χ2v) is 13.1. The van der Waals surface area contributed by atoms with Gasteiger partial charge in [-0.15, -0.1) is 0 Å². The van der Waals surface area contributed by atoms with Crippen molar-refractivity contribution in [2.75, 3.05) is 32.2 Å². The maximum absolute atomic E-state index is 13.0. The highest BCUT2D eigenvalue weighted by atomic mass is 32.2. The summed E-state index contributed by atoms with van der Waals surface area (Å²) in [4.78, 5) is 29.2. The Kier molecular flexibility index (Phi) is 7.97. The van der Waals surface area contributed by atoms with Gasteiger partial charge in [0.1, 0.15) is 5.39 Å². The monoisotopic (exact) mass is 573 g/mol. The minimum absolute atomic E-state index is 0.0285. The number of rotatable bonds is 8.